The van der Waals surface area contributed by atoms with E-state index in [1.807, 2.05) is 32.0 Å². The highest BCUT2D eigenvalue weighted by Crippen LogP contribution is 2.27. The number of amides is 2. The molecule has 0 radical (unpaired) electrons. The van der Waals surface area contributed by atoms with E-state index in [0.717, 1.165) is 0 Å². The molecule has 146 valence electrons. The van der Waals surface area contributed by atoms with Gasteiger partial charge >= 0.3 is 0 Å². The van der Waals surface area contributed by atoms with E-state index in [0.29, 0.717) is 39.4 Å². The van der Waals surface area contributed by atoms with E-state index < -0.39 is 0 Å². The van der Waals surface area contributed by atoms with Crippen molar-refractivity contribution in [2.75, 3.05) is 18.4 Å². The van der Waals surface area contributed by atoms with Crippen LogP contribution in [-0.4, -0.2) is 39.4 Å². The van der Waals surface area contributed by atoms with Gasteiger partial charge in [-0.25, -0.2) is 4.98 Å². The number of para-hydroxylation sites is 1. The fourth-order valence-corrected chi connectivity index (χ4v) is 4.05. The molecule has 7 nitrogen and oxygen atoms in total. The number of anilines is 1. The van der Waals surface area contributed by atoms with Crippen LogP contribution in [0.5, 0.6) is 0 Å². The molecule has 0 saturated heterocycles. The Hall–Kier alpha value is -3.00. The van der Waals surface area contributed by atoms with E-state index in [1.54, 1.807) is 24.0 Å². The van der Waals surface area contributed by atoms with E-state index >= 15 is 0 Å². The Morgan fingerprint density at radius 1 is 1.18 bits per heavy atom. The molecule has 2 amide bonds. The number of carbonyl (C=O) groups excluding carboxylic acids is 2. The number of aromatic nitrogens is 2. The van der Waals surface area contributed by atoms with Crippen LogP contribution in [0, 0.1) is 6.92 Å². The van der Waals surface area contributed by atoms with Crippen LogP contribution in [-0.2, 0) is 11.3 Å². The molecule has 3 aromatic rings. The van der Waals surface area contributed by atoms with Gasteiger partial charge in [0.25, 0.3) is 11.5 Å². The van der Waals surface area contributed by atoms with Gasteiger partial charge in [0.15, 0.2) is 0 Å². The summed E-state index contributed by atoms with van der Waals surface area (Å²) < 4.78 is 1.31. The molecule has 3 rings (SSSR count). The third-order valence-electron chi connectivity index (χ3n) is 4.58. The summed E-state index contributed by atoms with van der Waals surface area (Å²) in [5, 5.41) is 3.22. The van der Waals surface area contributed by atoms with Gasteiger partial charge in [0, 0.05) is 18.8 Å². The molecule has 2 heterocycles. The molecular formula is C20H22N4O3S. The van der Waals surface area contributed by atoms with Crippen molar-refractivity contribution in [2.45, 2.75) is 27.3 Å². The lowest BCUT2D eigenvalue weighted by Crippen LogP contribution is -2.36. The summed E-state index contributed by atoms with van der Waals surface area (Å²) in [4.78, 5) is 44.8. The number of hydrogen-bond acceptors (Lipinski definition) is 5. The Labute approximate surface area is 166 Å². The predicted octanol–water partition coefficient (Wildman–Crippen LogP) is 2.89. The van der Waals surface area contributed by atoms with Gasteiger partial charge in [0.2, 0.25) is 5.91 Å². The molecule has 0 aliphatic carbocycles. The fraction of sp³-hybridized carbons (Fsp3) is 0.300. The minimum absolute atomic E-state index is 0.0652. The first kappa shape index (κ1) is 19.8. The molecule has 0 bridgehead atoms. The van der Waals surface area contributed by atoms with Crippen LogP contribution >= 0.6 is 11.3 Å². The Bertz CT molecular complexity index is 1070. The molecule has 1 N–H and O–H groups in total. The van der Waals surface area contributed by atoms with Crippen molar-refractivity contribution in [3.63, 3.8) is 0 Å². The summed E-state index contributed by atoms with van der Waals surface area (Å²) in [6, 6.07) is 9.13. The van der Waals surface area contributed by atoms with E-state index in [1.165, 1.54) is 22.2 Å². The number of fused-ring (bicyclic) bond motifs is 1. The summed E-state index contributed by atoms with van der Waals surface area (Å²) in [6.07, 6.45) is 1.38. The first-order valence-electron chi connectivity index (χ1n) is 9.08. The van der Waals surface area contributed by atoms with Gasteiger partial charge < -0.3 is 10.2 Å². The number of rotatable bonds is 6. The van der Waals surface area contributed by atoms with Crippen molar-refractivity contribution < 1.29 is 9.59 Å². The highest BCUT2D eigenvalue weighted by molar-refractivity contribution is 7.20. The molecule has 0 unspecified atom stereocenters. The average molecular weight is 398 g/mol. The fourth-order valence-electron chi connectivity index (χ4n) is 3.02. The normalized spacial score (nSPS) is 10.8. The highest BCUT2D eigenvalue weighted by atomic mass is 32.1. The van der Waals surface area contributed by atoms with Gasteiger partial charge in [-0.1, -0.05) is 18.2 Å². The molecule has 1 aromatic carbocycles. The van der Waals surface area contributed by atoms with Crippen molar-refractivity contribution in [3.05, 3.63) is 57.5 Å². The van der Waals surface area contributed by atoms with Crippen molar-refractivity contribution >= 4 is 39.1 Å². The van der Waals surface area contributed by atoms with Crippen LogP contribution in [0.3, 0.4) is 0 Å². The number of nitrogens with one attached hydrogen (secondary N) is 1. The standard InChI is InChI=1S/C20H22N4O3S/c1-4-23(5-2)15(25)11-24-12-21-19-16(20(24)27)13(3)17(28-19)18(26)22-14-9-7-6-8-10-14/h6-10,12H,4-5,11H2,1-3H3,(H,22,26). The molecule has 0 aliphatic heterocycles. The van der Waals surface area contributed by atoms with E-state index in [9.17, 15) is 14.4 Å². The topological polar surface area (TPSA) is 84.3 Å². The average Bonchev–Trinajstić information content (AvgIpc) is 3.03. The number of hydrogen-bond donors (Lipinski definition) is 1. The maximum Gasteiger partial charge on any atom is 0.266 e. The minimum Gasteiger partial charge on any atom is -0.342 e. The first-order chi connectivity index (χ1) is 13.5. The Kier molecular flexibility index (Phi) is 5.89. The maximum absolute atomic E-state index is 12.9. The number of likely N-dealkylation sites (N-methyl/N-ethyl adjacent to an activating group) is 1. The molecule has 8 heteroatoms. The zero-order chi connectivity index (χ0) is 20.3. The van der Waals surface area contributed by atoms with Gasteiger partial charge in [-0.15, -0.1) is 11.3 Å². The number of thiophene rings is 1. The molecule has 0 aliphatic rings. The van der Waals surface area contributed by atoms with Crippen LogP contribution in [0.15, 0.2) is 41.5 Å². The summed E-state index contributed by atoms with van der Waals surface area (Å²) >= 11 is 1.18. The molecule has 28 heavy (non-hydrogen) atoms. The van der Waals surface area contributed by atoms with Crippen molar-refractivity contribution in [2.24, 2.45) is 0 Å². The number of nitrogens with zero attached hydrogens (tertiary/aromatic N) is 3. The van der Waals surface area contributed by atoms with Crippen LogP contribution in [0.1, 0.15) is 29.1 Å². The Morgan fingerprint density at radius 2 is 1.86 bits per heavy atom. The lowest BCUT2D eigenvalue weighted by Gasteiger charge is -2.18. The molecule has 0 fully saturated rings. The number of aryl methyl sites for hydroxylation is 1. The van der Waals surface area contributed by atoms with Crippen molar-refractivity contribution in [1.29, 1.82) is 0 Å². The number of carbonyl (C=O) groups is 2. The molecular weight excluding hydrogens is 376 g/mol. The van der Waals surface area contributed by atoms with Gasteiger partial charge in [-0.3, -0.25) is 19.0 Å². The molecule has 0 spiro atoms. The predicted molar refractivity (Wildman–Crippen MR) is 111 cm³/mol. The highest BCUT2D eigenvalue weighted by Gasteiger charge is 2.20. The zero-order valence-corrected chi connectivity index (χ0v) is 16.9. The van der Waals surface area contributed by atoms with E-state index in [4.69, 9.17) is 0 Å². The van der Waals surface area contributed by atoms with Crippen molar-refractivity contribution in [1.82, 2.24) is 14.5 Å². The van der Waals surface area contributed by atoms with Crippen LogP contribution in [0.2, 0.25) is 0 Å². The third-order valence-corrected chi connectivity index (χ3v) is 5.78. The van der Waals surface area contributed by atoms with Gasteiger partial charge in [-0.2, -0.15) is 0 Å². The zero-order valence-electron chi connectivity index (χ0n) is 16.1. The van der Waals surface area contributed by atoms with Crippen molar-refractivity contribution in [3.8, 4) is 0 Å². The second kappa shape index (κ2) is 8.35. The minimum atomic E-state index is -0.307. The monoisotopic (exact) mass is 398 g/mol. The van der Waals surface area contributed by atoms with Crippen LogP contribution < -0.4 is 10.9 Å². The SMILES string of the molecule is CCN(CC)C(=O)Cn1cnc2sc(C(=O)Nc3ccccc3)c(C)c2c1=O. The lowest BCUT2D eigenvalue weighted by molar-refractivity contribution is -0.131. The van der Waals surface area contributed by atoms with Gasteiger partial charge in [-0.05, 0) is 38.5 Å². The van der Waals surface area contributed by atoms with E-state index in [-0.39, 0.29) is 23.9 Å². The second-order valence-electron chi connectivity index (χ2n) is 6.30. The van der Waals surface area contributed by atoms with E-state index in [2.05, 4.69) is 10.3 Å². The Balaban J connectivity index is 1.93. The molecule has 0 saturated carbocycles. The van der Waals surface area contributed by atoms with Gasteiger partial charge in [0.1, 0.15) is 11.4 Å². The largest absolute Gasteiger partial charge is 0.342 e. The van der Waals surface area contributed by atoms with Crippen LogP contribution in [0.25, 0.3) is 10.2 Å². The number of benzene rings is 1. The second-order valence-corrected chi connectivity index (χ2v) is 7.30. The van der Waals surface area contributed by atoms with Crippen LogP contribution in [0.4, 0.5) is 5.69 Å². The third kappa shape index (κ3) is 3.82. The van der Waals surface area contributed by atoms with Gasteiger partial charge in [0.05, 0.1) is 16.6 Å². The molecule has 2 aromatic heterocycles. The summed E-state index contributed by atoms with van der Waals surface area (Å²) in [5.74, 6) is -0.417. The lowest BCUT2D eigenvalue weighted by atomic mass is 10.2. The quantitative estimate of drug-likeness (QED) is 0.692. The Morgan fingerprint density at radius 3 is 2.50 bits per heavy atom. The maximum atomic E-state index is 12.9. The first-order valence-corrected chi connectivity index (χ1v) is 9.90. The summed E-state index contributed by atoms with van der Waals surface area (Å²) in [5.41, 5.74) is 0.952. The summed E-state index contributed by atoms with van der Waals surface area (Å²) in [6.45, 7) is 6.63. The smallest absolute Gasteiger partial charge is 0.266 e. The summed E-state index contributed by atoms with van der Waals surface area (Å²) in [7, 11) is 0. The molecule has 0 atom stereocenters.